The third-order valence-corrected chi connectivity index (χ3v) is 4.24. The predicted molar refractivity (Wildman–Crippen MR) is 75.1 cm³/mol. The Labute approximate surface area is 117 Å². The minimum atomic E-state index is -0.141. The maximum Gasteiger partial charge on any atom is 0.229 e. The fourth-order valence-corrected chi connectivity index (χ4v) is 2.77. The average Bonchev–Trinajstić information content (AvgIpc) is 2.76. The number of carbonyl (C=O) groups excluding carboxylic acids is 1. The van der Waals surface area contributed by atoms with Crippen LogP contribution in [0.1, 0.15) is 24.8 Å². The van der Waals surface area contributed by atoms with Crippen molar-refractivity contribution in [3.8, 4) is 0 Å². The van der Waals surface area contributed by atoms with E-state index in [4.69, 9.17) is 28.9 Å². The van der Waals surface area contributed by atoms with Crippen molar-refractivity contribution in [2.24, 2.45) is 11.7 Å². The van der Waals surface area contributed by atoms with E-state index in [0.29, 0.717) is 15.7 Å². The van der Waals surface area contributed by atoms with Crippen molar-refractivity contribution in [3.05, 3.63) is 27.7 Å². The Kier molecular flexibility index (Phi) is 4.15. The molecule has 1 aliphatic carbocycles. The fraction of sp³-hybridized carbons (Fsp3) is 0.462. The number of halogens is 2. The van der Waals surface area contributed by atoms with Crippen LogP contribution >= 0.6 is 23.2 Å². The molecule has 2 atom stereocenters. The molecule has 98 valence electrons. The Balaban J connectivity index is 2.19. The molecule has 0 aromatic heterocycles. The molecule has 1 fully saturated rings. The fourth-order valence-electron chi connectivity index (χ4n) is 2.30. The lowest BCUT2D eigenvalue weighted by Crippen LogP contribution is -2.34. The molecule has 18 heavy (non-hydrogen) atoms. The van der Waals surface area contributed by atoms with Crippen molar-refractivity contribution >= 4 is 34.8 Å². The second kappa shape index (κ2) is 5.47. The molecule has 0 spiro atoms. The van der Waals surface area contributed by atoms with Gasteiger partial charge in [0, 0.05) is 6.04 Å². The molecule has 2 rings (SSSR count). The van der Waals surface area contributed by atoms with Crippen molar-refractivity contribution in [2.45, 2.75) is 32.2 Å². The number of nitrogens with one attached hydrogen (secondary N) is 1. The van der Waals surface area contributed by atoms with Crippen LogP contribution in [0.5, 0.6) is 0 Å². The Bertz CT molecular complexity index is 476. The number of anilines is 1. The highest BCUT2D eigenvalue weighted by atomic mass is 35.5. The molecule has 3 N–H and O–H groups in total. The average molecular weight is 287 g/mol. The van der Waals surface area contributed by atoms with Crippen LogP contribution in [0.25, 0.3) is 0 Å². The number of nitrogens with two attached hydrogens (primary N) is 1. The quantitative estimate of drug-likeness (QED) is 0.876. The van der Waals surface area contributed by atoms with Gasteiger partial charge in [0.2, 0.25) is 5.91 Å². The summed E-state index contributed by atoms with van der Waals surface area (Å²) in [6, 6.07) is 3.49. The van der Waals surface area contributed by atoms with Gasteiger partial charge in [-0.05, 0) is 31.4 Å². The summed E-state index contributed by atoms with van der Waals surface area (Å²) in [7, 11) is 0. The summed E-state index contributed by atoms with van der Waals surface area (Å²) in [5.41, 5.74) is 7.28. The summed E-state index contributed by atoms with van der Waals surface area (Å²) in [6.45, 7) is 1.87. The molecule has 1 amide bonds. The highest BCUT2D eigenvalue weighted by Crippen LogP contribution is 2.34. The molecule has 0 saturated heterocycles. The molecule has 1 aromatic rings. The van der Waals surface area contributed by atoms with Crippen LogP contribution in [-0.2, 0) is 4.79 Å². The number of benzene rings is 1. The highest BCUT2D eigenvalue weighted by Gasteiger charge is 2.30. The van der Waals surface area contributed by atoms with E-state index in [1.54, 1.807) is 6.07 Å². The number of carbonyl (C=O) groups is 1. The molecular weight excluding hydrogens is 271 g/mol. The predicted octanol–water partition coefficient (Wildman–Crippen LogP) is 3.37. The molecule has 0 bridgehead atoms. The van der Waals surface area contributed by atoms with Gasteiger partial charge in [-0.25, -0.2) is 0 Å². The van der Waals surface area contributed by atoms with Gasteiger partial charge >= 0.3 is 0 Å². The van der Waals surface area contributed by atoms with Gasteiger partial charge in [0.25, 0.3) is 0 Å². The third kappa shape index (κ3) is 2.63. The lowest BCUT2D eigenvalue weighted by atomic mass is 10.0. The molecule has 5 heteroatoms. The van der Waals surface area contributed by atoms with Gasteiger partial charge in [-0.15, -0.1) is 0 Å². The smallest absolute Gasteiger partial charge is 0.229 e. The number of hydrogen-bond donors (Lipinski definition) is 2. The van der Waals surface area contributed by atoms with Gasteiger partial charge in [0.1, 0.15) is 0 Å². The van der Waals surface area contributed by atoms with E-state index in [1.165, 1.54) is 0 Å². The highest BCUT2D eigenvalue weighted by molar-refractivity contribution is 6.40. The first kappa shape index (κ1) is 13.7. The zero-order valence-electron chi connectivity index (χ0n) is 10.2. The van der Waals surface area contributed by atoms with Crippen molar-refractivity contribution in [1.82, 2.24) is 0 Å². The standard InChI is InChI=1S/C13H16Cl2N2O/c1-7-5-6-9(14)12(11(7)15)17-13(18)8-3-2-4-10(8)16/h5-6,8,10H,2-4,16H2,1H3,(H,17,18). The van der Waals surface area contributed by atoms with E-state index in [2.05, 4.69) is 5.32 Å². The summed E-state index contributed by atoms with van der Waals surface area (Å²) in [6.07, 6.45) is 2.72. The number of hydrogen-bond acceptors (Lipinski definition) is 2. The van der Waals surface area contributed by atoms with Crippen LogP contribution < -0.4 is 11.1 Å². The Morgan fingerprint density at radius 3 is 2.72 bits per heavy atom. The molecule has 0 radical (unpaired) electrons. The number of amides is 1. The first-order valence-electron chi connectivity index (χ1n) is 6.01. The molecule has 1 saturated carbocycles. The maximum atomic E-state index is 12.1. The molecule has 1 aliphatic rings. The summed E-state index contributed by atoms with van der Waals surface area (Å²) >= 11 is 12.2. The zero-order chi connectivity index (χ0) is 13.3. The van der Waals surface area contributed by atoms with Crippen LogP contribution in [0.15, 0.2) is 12.1 Å². The van der Waals surface area contributed by atoms with E-state index in [-0.39, 0.29) is 17.9 Å². The molecular formula is C13H16Cl2N2O. The Morgan fingerprint density at radius 1 is 1.39 bits per heavy atom. The number of rotatable bonds is 2. The second-order valence-electron chi connectivity index (χ2n) is 4.74. The van der Waals surface area contributed by atoms with E-state index in [9.17, 15) is 4.79 Å². The molecule has 1 aromatic carbocycles. The number of aryl methyl sites for hydroxylation is 1. The van der Waals surface area contributed by atoms with Crippen molar-refractivity contribution in [2.75, 3.05) is 5.32 Å². The van der Waals surface area contributed by atoms with Gasteiger partial charge in [-0.1, -0.05) is 35.7 Å². The summed E-state index contributed by atoms with van der Waals surface area (Å²) in [4.78, 5) is 12.1. The maximum absolute atomic E-state index is 12.1. The minimum Gasteiger partial charge on any atom is -0.327 e. The van der Waals surface area contributed by atoms with Crippen LogP contribution in [0.4, 0.5) is 5.69 Å². The third-order valence-electron chi connectivity index (χ3n) is 3.44. The Morgan fingerprint density at radius 2 is 2.11 bits per heavy atom. The van der Waals surface area contributed by atoms with Crippen molar-refractivity contribution in [3.63, 3.8) is 0 Å². The zero-order valence-corrected chi connectivity index (χ0v) is 11.7. The molecule has 2 unspecified atom stereocenters. The largest absolute Gasteiger partial charge is 0.327 e. The van der Waals surface area contributed by atoms with E-state index in [0.717, 1.165) is 24.8 Å². The normalized spacial score (nSPS) is 23.1. The molecule has 0 heterocycles. The summed E-state index contributed by atoms with van der Waals surface area (Å²) in [5.74, 6) is -0.230. The van der Waals surface area contributed by atoms with Crippen molar-refractivity contribution in [1.29, 1.82) is 0 Å². The van der Waals surface area contributed by atoms with Gasteiger partial charge in [0.05, 0.1) is 21.7 Å². The lowest BCUT2D eigenvalue weighted by Gasteiger charge is -2.17. The van der Waals surface area contributed by atoms with Gasteiger partial charge < -0.3 is 11.1 Å². The van der Waals surface area contributed by atoms with Crippen LogP contribution in [0.3, 0.4) is 0 Å². The topological polar surface area (TPSA) is 55.1 Å². The molecule has 3 nitrogen and oxygen atoms in total. The van der Waals surface area contributed by atoms with Crippen molar-refractivity contribution < 1.29 is 4.79 Å². The monoisotopic (exact) mass is 286 g/mol. The molecule has 0 aliphatic heterocycles. The van der Waals surface area contributed by atoms with Gasteiger partial charge in [0.15, 0.2) is 0 Å². The first-order chi connectivity index (χ1) is 8.50. The first-order valence-corrected chi connectivity index (χ1v) is 6.77. The van der Waals surface area contributed by atoms with E-state index in [1.807, 2.05) is 13.0 Å². The van der Waals surface area contributed by atoms with Crippen LogP contribution in [0, 0.1) is 12.8 Å². The SMILES string of the molecule is Cc1ccc(Cl)c(NC(=O)C2CCCC2N)c1Cl. The van der Waals surface area contributed by atoms with Gasteiger partial charge in [-0.2, -0.15) is 0 Å². The lowest BCUT2D eigenvalue weighted by molar-refractivity contribution is -0.120. The van der Waals surface area contributed by atoms with Gasteiger partial charge in [-0.3, -0.25) is 4.79 Å². The van der Waals surface area contributed by atoms with E-state index >= 15 is 0 Å². The van der Waals surface area contributed by atoms with Crippen LogP contribution in [0.2, 0.25) is 10.0 Å². The minimum absolute atomic E-state index is 0.0626. The van der Waals surface area contributed by atoms with E-state index < -0.39 is 0 Å². The summed E-state index contributed by atoms with van der Waals surface area (Å²) < 4.78 is 0. The Hall–Kier alpha value is -0.770. The summed E-state index contributed by atoms with van der Waals surface area (Å²) in [5, 5.41) is 3.75. The van der Waals surface area contributed by atoms with Crippen LogP contribution in [-0.4, -0.2) is 11.9 Å². The second-order valence-corrected chi connectivity index (χ2v) is 5.53.